The summed E-state index contributed by atoms with van der Waals surface area (Å²) in [6.07, 6.45) is 3.77. The molecule has 0 aliphatic rings. The van der Waals surface area contributed by atoms with Gasteiger partial charge in [-0.05, 0) is 5.75 Å². The third-order valence-electron chi connectivity index (χ3n) is 0.812. The highest BCUT2D eigenvalue weighted by Crippen LogP contribution is 2.13. The summed E-state index contributed by atoms with van der Waals surface area (Å²) in [6.45, 7) is 2.13. The summed E-state index contributed by atoms with van der Waals surface area (Å²) in [5, 5.41) is 0. The fraction of sp³-hybridized carbons (Fsp3) is 0.333. The average molecular weight is 126 g/mol. The van der Waals surface area contributed by atoms with Crippen LogP contribution in [0.2, 0.25) is 0 Å². The van der Waals surface area contributed by atoms with E-state index in [1.54, 1.807) is 11.8 Å². The van der Waals surface area contributed by atoms with E-state index >= 15 is 0 Å². The number of H-pyrrole nitrogens is 1. The SMILES string of the molecule is CCSc1[c]c[nH]c1. The molecule has 0 amide bonds. The number of hydrogen-bond acceptors (Lipinski definition) is 1. The van der Waals surface area contributed by atoms with Crippen LogP contribution in [0.4, 0.5) is 0 Å². The van der Waals surface area contributed by atoms with Crippen LogP contribution in [0.1, 0.15) is 6.92 Å². The molecule has 0 saturated carbocycles. The minimum atomic E-state index is 1.12. The second-order valence-electron chi connectivity index (χ2n) is 1.40. The quantitative estimate of drug-likeness (QED) is 0.599. The fourth-order valence-electron chi connectivity index (χ4n) is 0.511. The second kappa shape index (κ2) is 2.82. The summed E-state index contributed by atoms with van der Waals surface area (Å²) >= 11 is 1.80. The lowest BCUT2D eigenvalue weighted by Crippen LogP contribution is -1.63. The van der Waals surface area contributed by atoms with Crippen molar-refractivity contribution in [3.8, 4) is 0 Å². The van der Waals surface area contributed by atoms with E-state index < -0.39 is 0 Å². The van der Waals surface area contributed by atoms with Crippen molar-refractivity contribution in [3.63, 3.8) is 0 Å². The van der Waals surface area contributed by atoms with Crippen LogP contribution in [0.5, 0.6) is 0 Å². The Morgan fingerprint density at radius 2 is 2.75 bits per heavy atom. The molecule has 0 saturated heterocycles. The van der Waals surface area contributed by atoms with Gasteiger partial charge < -0.3 is 4.98 Å². The van der Waals surface area contributed by atoms with Crippen molar-refractivity contribution in [2.75, 3.05) is 5.75 Å². The zero-order valence-electron chi connectivity index (χ0n) is 4.77. The Balaban J connectivity index is 2.50. The lowest BCUT2D eigenvalue weighted by molar-refractivity contribution is 1.37. The molecule has 2 heteroatoms. The summed E-state index contributed by atoms with van der Waals surface area (Å²) < 4.78 is 0. The van der Waals surface area contributed by atoms with Crippen molar-refractivity contribution in [3.05, 3.63) is 18.5 Å². The number of rotatable bonds is 2. The van der Waals surface area contributed by atoms with Crippen LogP contribution in [0, 0.1) is 6.07 Å². The van der Waals surface area contributed by atoms with Crippen molar-refractivity contribution in [1.29, 1.82) is 0 Å². The highest BCUT2D eigenvalue weighted by molar-refractivity contribution is 7.99. The van der Waals surface area contributed by atoms with E-state index in [4.69, 9.17) is 0 Å². The van der Waals surface area contributed by atoms with Crippen molar-refractivity contribution in [2.45, 2.75) is 11.8 Å². The van der Waals surface area contributed by atoms with Gasteiger partial charge in [-0.1, -0.05) is 6.92 Å². The molecule has 0 atom stereocenters. The van der Waals surface area contributed by atoms with Crippen LogP contribution < -0.4 is 0 Å². The Morgan fingerprint density at radius 3 is 3.25 bits per heavy atom. The number of aromatic amines is 1. The van der Waals surface area contributed by atoms with E-state index in [9.17, 15) is 0 Å². The Labute approximate surface area is 53.5 Å². The highest BCUT2D eigenvalue weighted by atomic mass is 32.2. The van der Waals surface area contributed by atoms with Crippen LogP contribution in [0.15, 0.2) is 17.3 Å². The first-order valence-corrected chi connectivity index (χ1v) is 3.59. The molecule has 1 aromatic rings. The largest absolute Gasteiger partial charge is 0.366 e. The second-order valence-corrected chi connectivity index (χ2v) is 2.70. The summed E-state index contributed by atoms with van der Waals surface area (Å²) in [7, 11) is 0. The molecular weight excluding hydrogens is 118 g/mol. The summed E-state index contributed by atoms with van der Waals surface area (Å²) in [5.41, 5.74) is 0. The zero-order valence-corrected chi connectivity index (χ0v) is 5.59. The van der Waals surface area contributed by atoms with Crippen LogP contribution in [-0.4, -0.2) is 10.7 Å². The van der Waals surface area contributed by atoms with Gasteiger partial charge in [0.25, 0.3) is 0 Å². The van der Waals surface area contributed by atoms with E-state index in [-0.39, 0.29) is 0 Å². The van der Waals surface area contributed by atoms with Gasteiger partial charge in [0, 0.05) is 23.4 Å². The molecule has 1 rings (SSSR count). The maximum atomic E-state index is 3.05. The van der Waals surface area contributed by atoms with Gasteiger partial charge in [-0.25, -0.2) is 0 Å². The van der Waals surface area contributed by atoms with E-state index in [0.29, 0.717) is 0 Å². The molecule has 0 aliphatic carbocycles. The third kappa shape index (κ3) is 1.30. The van der Waals surface area contributed by atoms with Gasteiger partial charge >= 0.3 is 0 Å². The molecule has 0 fully saturated rings. The minimum Gasteiger partial charge on any atom is -0.366 e. The standard InChI is InChI=1S/C6H8NS/c1-2-8-6-3-4-7-5-6/h4-5,7H,2H2,1H3. The Morgan fingerprint density at radius 1 is 1.88 bits per heavy atom. The molecular formula is C6H8NS. The van der Waals surface area contributed by atoms with Crippen molar-refractivity contribution in [1.82, 2.24) is 4.98 Å². The third-order valence-corrected chi connectivity index (χ3v) is 1.65. The number of aromatic nitrogens is 1. The maximum absolute atomic E-state index is 3.05. The predicted molar refractivity (Wildman–Crippen MR) is 36.0 cm³/mol. The molecule has 1 heterocycles. The zero-order chi connectivity index (χ0) is 5.82. The number of nitrogens with one attached hydrogen (secondary N) is 1. The Bertz CT molecular complexity index is 134. The molecule has 0 aliphatic heterocycles. The number of thioether (sulfide) groups is 1. The summed E-state index contributed by atoms with van der Waals surface area (Å²) in [5.74, 6) is 1.12. The smallest absolute Gasteiger partial charge is 0.0326 e. The normalized spacial score (nSPS) is 9.62. The first kappa shape index (κ1) is 5.76. The van der Waals surface area contributed by atoms with E-state index in [1.165, 1.54) is 4.90 Å². The Hall–Kier alpha value is -0.370. The van der Waals surface area contributed by atoms with Gasteiger partial charge in [-0.2, -0.15) is 0 Å². The van der Waals surface area contributed by atoms with Gasteiger partial charge in [-0.3, -0.25) is 0 Å². The van der Waals surface area contributed by atoms with E-state index in [0.717, 1.165) is 5.75 Å². The molecule has 0 unspecified atom stereocenters. The maximum Gasteiger partial charge on any atom is 0.0326 e. The van der Waals surface area contributed by atoms with Gasteiger partial charge in [0.05, 0.1) is 0 Å². The van der Waals surface area contributed by atoms with E-state index in [1.807, 2.05) is 12.4 Å². The molecule has 0 aromatic carbocycles. The molecule has 8 heavy (non-hydrogen) atoms. The summed E-state index contributed by atoms with van der Waals surface area (Å²) in [4.78, 5) is 4.14. The molecule has 1 aromatic heterocycles. The first-order chi connectivity index (χ1) is 3.93. The summed E-state index contributed by atoms with van der Waals surface area (Å²) in [6, 6.07) is 3.05. The molecule has 0 bridgehead atoms. The highest BCUT2D eigenvalue weighted by Gasteiger charge is 1.87. The fourth-order valence-corrected chi connectivity index (χ4v) is 1.12. The molecule has 1 nitrogen and oxygen atoms in total. The van der Waals surface area contributed by atoms with Crippen LogP contribution in [0.3, 0.4) is 0 Å². The molecule has 43 valence electrons. The first-order valence-electron chi connectivity index (χ1n) is 2.60. The van der Waals surface area contributed by atoms with Crippen LogP contribution in [0.25, 0.3) is 0 Å². The minimum absolute atomic E-state index is 1.12. The van der Waals surface area contributed by atoms with Crippen molar-refractivity contribution >= 4 is 11.8 Å². The Kier molecular flexibility index (Phi) is 2.03. The van der Waals surface area contributed by atoms with Crippen LogP contribution in [-0.2, 0) is 0 Å². The number of hydrogen-bond donors (Lipinski definition) is 1. The average Bonchev–Trinajstić information content (AvgIpc) is 2.19. The monoisotopic (exact) mass is 126 g/mol. The topological polar surface area (TPSA) is 15.8 Å². The lowest BCUT2D eigenvalue weighted by Gasteiger charge is -1.85. The van der Waals surface area contributed by atoms with Crippen molar-refractivity contribution < 1.29 is 0 Å². The molecule has 1 radical (unpaired) electrons. The van der Waals surface area contributed by atoms with Gasteiger partial charge in [0.15, 0.2) is 0 Å². The van der Waals surface area contributed by atoms with Gasteiger partial charge in [0.2, 0.25) is 0 Å². The van der Waals surface area contributed by atoms with E-state index in [2.05, 4.69) is 18.0 Å². The van der Waals surface area contributed by atoms with Gasteiger partial charge in [-0.15, -0.1) is 11.8 Å². The molecule has 0 spiro atoms. The molecule has 1 N–H and O–H groups in total. The van der Waals surface area contributed by atoms with Crippen LogP contribution >= 0.6 is 11.8 Å². The van der Waals surface area contributed by atoms with Gasteiger partial charge in [0.1, 0.15) is 0 Å². The van der Waals surface area contributed by atoms with Crippen molar-refractivity contribution in [2.24, 2.45) is 0 Å². The lowest BCUT2D eigenvalue weighted by atomic mass is 10.7. The predicted octanol–water partition coefficient (Wildman–Crippen LogP) is 1.93.